The van der Waals surface area contributed by atoms with E-state index >= 15 is 0 Å². The molecule has 0 aliphatic heterocycles. The van der Waals surface area contributed by atoms with E-state index in [1.54, 1.807) is 0 Å². The number of hydrogen-bond donors (Lipinski definition) is 3. The molecule has 7 heteroatoms. The fraction of sp³-hybridized carbons (Fsp3) is 0.364. The fourth-order valence-corrected chi connectivity index (χ4v) is 3.58. The van der Waals surface area contributed by atoms with E-state index in [9.17, 15) is 9.59 Å². The van der Waals surface area contributed by atoms with Crippen LogP contribution in [0.4, 0.5) is 9.59 Å². The van der Waals surface area contributed by atoms with Gasteiger partial charge in [-0.25, -0.2) is 9.59 Å². The molecule has 0 spiro atoms. The molecule has 2 aromatic carbocycles. The third kappa shape index (κ3) is 6.71. The van der Waals surface area contributed by atoms with Crippen molar-refractivity contribution in [2.75, 3.05) is 6.61 Å². The Kier molecular flexibility index (Phi) is 7.33. The highest BCUT2D eigenvalue weighted by molar-refractivity contribution is 5.67. The molecule has 2 amide bonds. The van der Waals surface area contributed by atoms with Gasteiger partial charge in [0, 0.05) is 18.0 Å². The van der Waals surface area contributed by atoms with Crippen LogP contribution in [-0.2, 0) is 11.3 Å². The second-order valence-corrected chi connectivity index (χ2v) is 7.16. The fourth-order valence-electron chi connectivity index (χ4n) is 3.58. The molecule has 0 unspecified atom stereocenters. The van der Waals surface area contributed by atoms with Crippen LogP contribution in [0.25, 0.3) is 0 Å². The van der Waals surface area contributed by atoms with Gasteiger partial charge in [0.05, 0.1) is 6.61 Å². The Balaban J connectivity index is 1.56. The summed E-state index contributed by atoms with van der Waals surface area (Å²) < 4.78 is 11.2. The first-order valence-corrected chi connectivity index (χ1v) is 9.74. The predicted octanol–water partition coefficient (Wildman–Crippen LogP) is 3.80. The maximum atomic E-state index is 12.3. The lowest BCUT2D eigenvalue weighted by Crippen LogP contribution is -2.50. The second-order valence-electron chi connectivity index (χ2n) is 7.16. The minimum Gasteiger partial charge on any atom is -0.493 e. The smallest absolute Gasteiger partial charge is 0.407 e. The Bertz CT molecular complexity index is 784. The first-order valence-electron chi connectivity index (χ1n) is 9.74. The highest BCUT2D eigenvalue weighted by Gasteiger charge is 2.33. The zero-order chi connectivity index (χ0) is 20.5. The molecule has 7 nitrogen and oxygen atoms in total. The Morgan fingerprint density at radius 1 is 0.966 bits per heavy atom. The Morgan fingerprint density at radius 2 is 1.66 bits per heavy atom. The molecule has 154 valence electrons. The summed E-state index contributed by atoms with van der Waals surface area (Å²) in [5.74, 6) is 0.705. The number of benzene rings is 2. The first-order chi connectivity index (χ1) is 14.1. The second kappa shape index (κ2) is 10.4. The van der Waals surface area contributed by atoms with Crippen molar-refractivity contribution in [1.82, 2.24) is 10.6 Å². The highest BCUT2D eigenvalue weighted by atomic mass is 16.5. The molecular weight excluding hydrogens is 372 g/mol. The van der Waals surface area contributed by atoms with Crippen molar-refractivity contribution in [3.8, 4) is 5.75 Å². The van der Waals surface area contributed by atoms with Gasteiger partial charge in [-0.3, -0.25) is 0 Å². The van der Waals surface area contributed by atoms with E-state index in [4.69, 9.17) is 14.6 Å². The van der Waals surface area contributed by atoms with Gasteiger partial charge in [-0.2, -0.15) is 0 Å². The Morgan fingerprint density at radius 3 is 2.34 bits per heavy atom. The van der Waals surface area contributed by atoms with Crippen LogP contribution in [0.5, 0.6) is 5.75 Å². The number of ether oxygens (including phenoxy) is 2. The monoisotopic (exact) mass is 398 g/mol. The van der Waals surface area contributed by atoms with Gasteiger partial charge in [-0.05, 0) is 37.0 Å². The molecule has 0 saturated heterocycles. The summed E-state index contributed by atoms with van der Waals surface area (Å²) in [6.07, 6.45) is 0.369. The zero-order valence-electron chi connectivity index (χ0n) is 16.1. The minimum absolute atomic E-state index is 0.0370. The summed E-state index contributed by atoms with van der Waals surface area (Å²) in [7, 11) is 0. The number of amides is 2. The Labute approximate surface area is 170 Å². The third-order valence-corrected chi connectivity index (χ3v) is 5.03. The molecule has 0 aromatic heterocycles. The van der Waals surface area contributed by atoms with Gasteiger partial charge >= 0.3 is 12.2 Å². The van der Waals surface area contributed by atoms with E-state index in [1.165, 1.54) is 0 Å². The number of hydrogen-bond acceptors (Lipinski definition) is 4. The van der Waals surface area contributed by atoms with E-state index in [0.717, 1.165) is 11.3 Å². The molecular formula is C22H26N2O5. The number of alkyl carbamates (subject to hydrolysis) is 1. The molecule has 1 saturated carbocycles. The molecule has 3 rings (SSSR count). The lowest BCUT2D eigenvalue weighted by molar-refractivity contribution is 0.109. The van der Waals surface area contributed by atoms with Crippen molar-refractivity contribution in [3.63, 3.8) is 0 Å². The van der Waals surface area contributed by atoms with E-state index in [-0.39, 0.29) is 24.6 Å². The van der Waals surface area contributed by atoms with Crippen LogP contribution in [0.15, 0.2) is 60.7 Å². The van der Waals surface area contributed by atoms with Crippen LogP contribution in [0.3, 0.4) is 0 Å². The average Bonchev–Trinajstić information content (AvgIpc) is 2.73. The number of rotatable bonds is 7. The van der Waals surface area contributed by atoms with Crippen LogP contribution >= 0.6 is 0 Å². The summed E-state index contributed by atoms with van der Waals surface area (Å²) in [5.41, 5.74) is 0.918. The summed E-state index contributed by atoms with van der Waals surface area (Å²) >= 11 is 0. The number of carbonyl (C=O) groups excluding carboxylic acids is 1. The minimum atomic E-state index is -1.04. The van der Waals surface area contributed by atoms with Gasteiger partial charge in [0.2, 0.25) is 0 Å². The van der Waals surface area contributed by atoms with Gasteiger partial charge in [0.1, 0.15) is 12.4 Å². The molecule has 0 bridgehead atoms. The van der Waals surface area contributed by atoms with Crippen molar-refractivity contribution in [1.29, 1.82) is 0 Å². The summed E-state index contributed by atoms with van der Waals surface area (Å²) in [6.45, 7) is 0.583. The lowest BCUT2D eigenvalue weighted by atomic mass is 9.82. The van der Waals surface area contributed by atoms with E-state index in [2.05, 4.69) is 10.6 Å². The SMILES string of the molecule is O=C(O)N[C@@H]1CC[C@H](NC(=O)OCc2ccccc2)[C@H](COc2ccccc2)C1. The van der Waals surface area contributed by atoms with Crippen LogP contribution < -0.4 is 15.4 Å². The van der Waals surface area contributed by atoms with Crippen LogP contribution in [0, 0.1) is 5.92 Å². The molecule has 0 radical (unpaired) electrons. The van der Waals surface area contributed by atoms with Crippen molar-refractivity contribution in [3.05, 3.63) is 66.2 Å². The lowest BCUT2D eigenvalue weighted by Gasteiger charge is -2.36. The molecule has 0 heterocycles. The van der Waals surface area contributed by atoms with Gasteiger partial charge in [0.25, 0.3) is 0 Å². The average molecular weight is 398 g/mol. The molecule has 1 fully saturated rings. The van der Waals surface area contributed by atoms with Crippen LogP contribution in [-0.4, -0.2) is 36.0 Å². The molecule has 3 N–H and O–H groups in total. The zero-order valence-corrected chi connectivity index (χ0v) is 16.1. The van der Waals surface area contributed by atoms with Crippen LogP contribution in [0.1, 0.15) is 24.8 Å². The van der Waals surface area contributed by atoms with Gasteiger partial charge in [-0.15, -0.1) is 0 Å². The predicted molar refractivity (Wildman–Crippen MR) is 108 cm³/mol. The quantitative estimate of drug-likeness (QED) is 0.659. The third-order valence-electron chi connectivity index (χ3n) is 5.03. The summed E-state index contributed by atoms with van der Waals surface area (Å²) in [4.78, 5) is 23.3. The van der Waals surface area contributed by atoms with Gasteiger partial charge in [0.15, 0.2) is 0 Å². The molecule has 1 aliphatic rings. The highest BCUT2D eigenvalue weighted by Crippen LogP contribution is 2.26. The first kappa shape index (κ1) is 20.5. The van der Waals surface area contributed by atoms with Crippen LogP contribution in [0.2, 0.25) is 0 Å². The number of para-hydroxylation sites is 1. The van der Waals surface area contributed by atoms with E-state index in [0.29, 0.717) is 25.9 Å². The van der Waals surface area contributed by atoms with Crippen molar-refractivity contribution < 1.29 is 24.2 Å². The van der Waals surface area contributed by atoms with Crippen molar-refractivity contribution >= 4 is 12.2 Å². The van der Waals surface area contributed by atoms with Gasteiger partial charge in [-0.1, -0.05) is 48.5 Å². The molecule has 2 aromatic rings. The Hall–Kier alpha value is -3.22. The molecule has 29 heavy (non-hydrogen) atoms. The maximum Gasteiger partial charge on any atom is 0.407 e. The number of nitrogens with one attached hydrogen (secondary N) is 2. The molecule has 1 aliphatic carbocycles. The normalized spacial score (nSPS) is 21.0. The largest absolute Gasteiger partial charge is 0.493 e. The number of carboxylic acid groups (broad SMARTS) is 1. The number of carbonyl (C=O) groups is 2. The topological polar surface area (TPSA) is 96.9 Å². The van der Waals surface area contributed by atoms with Crippen molar-refractivity contribution in [2.45, 2.75) is 38.0 Å². The van der Waals surface area contributed by atoms with E-state index in [1.807, 2.05) is 60.7 Å². The summed E-state index contributed by atoms with van der Waals surface area (Å²) in [6, 6.07) is 18.6. The summed E-state index contributed by atoms with van der Waals surface area (Å²) in [5, 5.41) is 14.5. The van der Waals surface area contributed by atoms with E-state index < -0.39 is 12.2 Å². The standard InChI is InChI=1S/C22H26N2O5/c25-21(26)23-18-11-12-20(17(13-18)15-28-19-9-5-2-6-10-19)24-22(27)29-14-16-7-3-1-4-8-16/h1-10,17-18,20,23H,11-15H2,(H,24,27)(H,25,26)/t17-,18+,20-/m0/s1. The molecule has 3 atom stereocenters. The van der Waals surface area contributed by atoms with Crippen molar-refractivity contribution in [2.24, 2.45) is 5.92 Å². The van der Waals surface area contributed by atoms with Gasteiger partial charge < -0.3 is 25.2 Å². The maximum absolute atomic E-state index is 12.3.